The van der Waals surface area contributed by atoms with E-state index in [-0.39, 0.29) is 36.7 Å². The van der Waals surface area contributed by atoms with Gasteiger partial charge in [-0.2, -0.15) is 0 Å². The molecule has 31 heavy (non-hydrogen) atoms. The highest BCUT2D eigenvalue weighted by Gasteiger charge is 2.70. The number of ketones is 1. The zero-order valence-corrected chi connectivity index (χ0v) is 18.5. The topological polar surface area (TPSA) is 63.6 Å². The zero-order chi connectivity index (χ0) is 22.9. The minimum atomic E-state index is -1.89. The summed E-state index contributed by atoms with van der Waals surface area (Å²) in [4.78, 5) is 24.1. The summed E-state index contributed by atoms with van der Waals surface area (Å²) in [6, 6.07) is 0. The molecule has 4 aliphatic rings. The Balaban J connectivity index is 1.69. The maximum Gasteiger partial charge on any atom is 0.308 e. The highest BCUT2D eigenvalue weighted by molar-refractivity contribution is 6.04. The van der Waals surface area contributed by atoms with Crippen molar-refractivity contribution in [2.24, 2.45) is 28.6 Å². The Morgan fingerprint density at radius 1 is 1.29 bits per heavy atom. The van der Waals surface area contributed by atoms with Crippen LogP contribution in [0.5, 0.6) is 0 Å². The van der Waals surface area contributed by atoms with E-state index >= 15 is 8.78 Å². The van der Waals surface area contributed by atoms with Crippen molar-refractivity contribution in [3.05, 3.63) is 23.6 Å². The number of allylic oxidation sites excluding steroid dienone is 4. The van der Waals surface area contributed by atoms with Crippen molar-refractivity contribution in [2.45, 2.75) is 83.8 Å². The van der Waals surface area contributed by atoms with E-state index in [4.69, 9.17) is 4.74 Å². The summed E-state index contributed by atoms with van der Waals surface area (Å²) in [5.41, 5.74) is -4.29. The second-order valence-electron chi connectivity index (χ2n) is 10.6. The Hall–Kier alpha value is -1.63. The first-order chi connectivity index (χ1) is 14.3. The molecule has 0 bridgehead atoms. The van der Waals surface area contributed by atoms with Gasteiger partial charge in [0.05, 0.1) is 12.5 Å². The fourth-order valence-electron chi connectivity index (χ4n) is 7.17. The SMILES string of the molecule is CC(O)CC(=O)O[C@@H]1[C@H](C)C[C@H]2[C@@H]3C[C@H](F)C4=C(F)C(=O)C=C[C@]4(C)[C@@]3(F)CC[C@]12C. The molecule has 0 aromatic heterocycles. The van der Waals surface area contributed by atoms with Crippen LogP contribution in [0.25, 0.3) is 0 Å². The fraction of sp³-hybridized carbons (Fsp3) is 0.750. The first-order valence-corrected chi connectivity index (χ1v) is 11.2. The van der Waals surface area contributed by atoms with Crippen LogP contribution < -0.4 is 0 Å². The molecule has 0 amide bonds. The molecular weight excluding hydrogens is 409 g/mol. The summed E-state index contributed by atoms with van der Waals surface area (Å²) >= 11 is 0. The van der Waals surface area contributed by atoms with E-state index in [1.54, 1.807) is 0 Å². The molecule has 4 rings (SSSR count). The number of esters is 1. The van der Waals surface area contributed by atoms with Gasteiger partial charge in [-0.3, -0.25) is 9.59 Å². The van der Waals surface area contributed by atoms with Gasteiger partial charge in [-0.1, -0.05) is 19.9 Å². The molecule has 0 heterocycles. The van der Waals surface area contributed by atoms with Crippen molar-refractivity contribution in [1.82, 2.24) is 0 Å². The second-order valence-corrected chi connectivity index (χ2v) is 10.6. The van der Waals surface area contributed by atoms with E-state index in [0.29, 0.717) is 12.8 Å². The van der Waals surface area contributed by atoms with Crippen molar-refractivity contribution < 1.29 is 32.6 Å². The Morgan fingerprint density at radius 3 is 2.61 bits per heavy atom. The summed E-state index contributed by atoms with van der Waals surface area (Å²) in [5.74, 6) is -3.52. The minimum Gasteiger partial charge on any atom is -0.461 e. The average Bonchev–Trinajstić information content (AvgIpc) is 2.91. The number of hydrogen-bond acceptors (Lipinski definition) is 4. The smallest absolute Gasteiger partial charge is 0.308 e. The van der Waals surface area contributed by atoms with Gasteiger partial charge >= 0.3 is 5.97 Å². The summed E-state index contributed by atoms with van der Waals surface area (Å²) in [7, 11) is 0. The summed E-state index contributed by atoms with van der Waals surface area (Å²) < 4.78 is 52.5. The van der Waals surface area contributed by atoms with Gasteiger partial charge in [0.1, 0.15) is 17.9 Å². The molecular formula is C24H31F3O4. The summed E-state index contributed by atoms with van der Waals surface area (Å²) in [6.07, 6.45) is 0.142. The van der Waals surface area contributed by atoms with Crippen LogP contribution in [0, 0.1) is 28.6 Å². The number of alkyl halides is 2. The standard InChI is InChI=1S/C24H31F3O4/c1-12-9-14-15-11-16(25)19-20(26)17(29)5-6-23(19,4)24(15,27)8-7-22(14,3)21(12)31-18(30)10-13(2)28/h5-6,12-16,21,28H,7-11H2,1-4H3/t12-,13?,14+,15+,16+,21-,22+,23+,24-/m1/s1. The molecule has 1 unspecified atom stereocenters. The van der Waals surface area contributed by atoms with Gasteiger partial charge in [-0.25, -0.2) is 13.2 Å². The number of rotatable bonds is 3. The van der Waals surface area contributed by atoms with Crippen LogP contribution >= 0.6 is 0 Å². The third-order valence-corrected chi connectivity index (χ3v) is 8.68. The van der Waals surface area contributed by atoms with E-state index in [1.165, 1.54) is 19.9 Å². The van der Waals surface area contributed by atoms with Gasteiger partial charge in [-0.05, 0) is 57.4 Å². The molecule has 0 aromatic carbocycles. The molecule has 4 aliphatic carbocycles. The number of carbonyl (C=O) groups is 2. The molecule has 1 N–H and O–H groups in total. The molecule has 7 heteroatoms. The van der Waals surface area contributed by atoms with E-state index in [0.717, 1.165) is 6.08 Å². The van der Waals surface area contributed by atoms with Crippen molar-refractivity contribution >= 4 is 11.8 Å². The molecule has 3 saturated carbocycles. The maximum absolute atomic E-state index is 16.8. The minimum absolute atomic E-state index is 0.0432. The molecule has 9 atom stereocenters. The predicted molar refractivity (Wildman–Crippen MR) is 108 cm³/mol. The lowest BCUT2D eigenvalue weighted by atomic mass is 9.46. The second kappa shape index (κ2) is 7.19. The molecule has 172 valence electrons. The first kappa shape index (κ1) is 22.6. The highest BCUT2D eigenvalue weighted by atomic mass is 19.2. The molecule has 0 radical (unpaired) electrons. The maximum atomic E-state index is 16.8. The normalized spacial score (nSPS) is 47.5. The lowest BCUT2D eigenvalue weighted by Gasteiger charge is -2.60. The number of halogens is 3. The van der Waals surface area contributed by atoms with Crippen molar-refractivity contribution in [1.29, 1.82) is 0 Å². The fourth-order valence-corrected chi connectivity index (χ4v) is 7.17. The van der Waals surface area contributed by atoms with E-state index in [1.807, 2.05) is 13.8 Å². The van der Waals surface area contributed by atoms with Gasteiger partial charge in [0.15, 0.2) is 5.83 Å². The largest absolute Gasteiger partial charge is 0.461 e. The lowest BCUT2D eigenvalue weighted by molar-refractivity contribution is -0.174. The number of aliphatic hydroxyl groups is 1. The number of hydrogen-bond donors (Lipinski definition) is 1. The van der Waals surface area contributed by atoms with E-state index in [2.05, 4.69) is 0 Å². The summed E-state index contributed by atoms with van der Waals surface area (Å²) in [6.45, 7) is 6.94. The predicted octanol–water partition coefficient (Wildman–Crippen LogP) is 4.56. The first-order valence-electron chi connectivity index (χ1n) is 11.2. The molecule has 0 saturated heterocycles. The van der Waals surface area contributed by atoms with Gasteiger partial charge < -0.3 is 9.84 Å². The number of fused-ring (bicyclic) bond motifs is 5. The Morgan fingerprint density at radius 2 is 1.97 bits per heavy atom. The quantitative estimate of drug-likeness (QED) is 0.654. The van der Waals surface area contributed by atoms with Gasteiger partial charge in [-0.15, -0.1) is 0 Å². The van der Waals surface area contributed by atoms with Crippen molar-refractivity contribution in [3.63, 3.8) is 0 Å². The summed E-state index contributed by atoms with van der Waals surface area (Å²) in [5, 5.41) is 9.50. The lowest BCUT2D eigenvalue weighted by Crippen LogP contribution is -2.62. The average molecular weight is 441 g/mol. The number of ether oxygens (including phenoxy) is 1. The van der Waals surface area contributed by atoms with Crippen LogP contribution in [0.3, 0.4) is 0 Å². The monoisotopic (exact) mass is 440 g/mol. The molecule has 0 spiro atoms. The number of carbonyl (C=O) groups excluding carboxylic acids is 2. The molecule has 0 aliphatic heterocycles. The van der Waals surface area contributed by atoms with Crippen LogP contribution in [0.15, 0.2) is 23.6 Å². The zero-order valence-electron chi connectivity index (χ0n) is 18.5. The van der Waals surface area contributed by atoms with E-state index in [9.17, 15) is 19.1 Å². The van der Waals surface area contributed by atoms with Crippen LogP contribution in [-0.4, -0.2) is 40.9 Å². The van der Waals surface area contributed by atoms with Crippen LogP contribution in [0.4, 0.5) is 13.2 Å². The molecule has 4 nitrogen and oxygen atoms in total. The van der Waals surface area contributed by atoms with Crippen molar-refractivity contribution in [3.8, 4) is 0 Å². The Kier molecular flexibility index (Phi) is 5.23. The van der Waals surface area contributed by atoms with Crippen LogP contribution in [-0.2, 0) is 14.3 Å². The molecule has 3 fully saturated rings. The van der Waals surface area contributed by atoms with Crippen LogP contribution in [0.2, 0.25) is 0 Å². The van der Waals surface area contributed by atoms with Crippen LogP contribution in [0.1, 0.15) is 59.8 Å². The third-order valence-electron chi connectivity index (χ3n) is 8.68. The highest BCUT2D eigenvalue weighted by Crippen LogP contribution is 2.69. The Bertz CT molecular complexity index is 867. The van der Waals surface area contributed by atoms with Gasteiger partial charge in [0.25, 0.3) is 0 Å². The molecule has 0 aromatic rings. The van der Waals surface area contributed by atoms with Gasteiger partial charge in [0, 0.05) is 22.3 Å². The van der Waals surface area contributed by atoms with Crippen molar-refractivity contribution in [2.75, 3.05) is 0 Å². The third kappa shape index (κ3) is 3.05. The Labute approximate surface area is 180 Å². The van der Waals surface area contributed by atoms with E-state index < -0.39 is 58.4 Å². The number of aliphatic hydroxyl groups excluding tert-OH is 1. The van der Waals surface area contributed by atoms with Gasteiger partial charge in [0.2, 0.25) is 5.78 Å².